The van der Waals surface area contributed by atoms with Crippen LogP contribution < -0.4 is 10.0 Å². The molecule has 0 spiro atoms. The predicted octanol–water partition coefficient (Wildman–Crippen LogP) is 1.43. The number of aryl methyl sites for hydroxylation is 1. The van der Waals surface area contributed by atoms with Crippen LogP contribution in [0.4, 0.5) is 4.79 Å². The minimum Gasteiger partial charge on any atom is -0.337 e. The van der Waals surface area contributed by atoms with Gasteiger partial charge in [0.2, 0.25) is 10.0 Å². The first-order valence-electron chi connectivity index (χ1n) is 7.92. The van der Waals surface area contributed by atoms with Crippen molar-refractivity contribution >= 4 is 16.1 Å². The summed E-state index contributed by atoms with van der Waals surface area (Å²) >= 11 is 0. The van der Waals surface area contributed by atoms with Gasteiger partial charge in [0.05, 0.1) is 5.75 Å². The number of nitrogens with one attached hydrogen (secondary N) is 2. The number of piperidine rings is 1. The Morgan fingerprint density at radius 3 is 2.78 bits per heavy atom. The summed E-state index contributed by atoms with van der Waals surface area (Å²) in [5.41, 5.74) is 2.54. The third kappa shape index (κ3) is 4.94. The first-order chi connectivity index (χ1) is 10.9. The van der Waals surface area contributed by atoms with Crippen molar-refractivity contribution in [2.75, 3.05) is 32.4 Å². The van der Waals surface area contributed by atoms with Gasteiger partial charge in [0.1, 0.15) is 0 Å². The Kier molecular flexibility index (Phi) is 6.01. The first-order valence-corrected chi connectivity index (χ1v) is 9.57. The zero-order valence-corrected chi connectivity index (χ0v) is 14.5. The predicted molar refractivity (Wildman–Crippen MR) is 91.0 cm³/mol. The molecule has 1 saturated heterocycles. The van der Waals surface area contributed by atoms with E-state index in [1.54, 1.807) is 4.90 Å². The van der Waals surface area contributed by atoms with E-state index in [0.29, 0.717) is 19.0 Å². The second-order valence-corrected chi connectivity index (χ2v) is 7.94. The lowest BCUT2D eigenvalue weighted by Crippen LogP contribution is -2.46. The summed E-state index contributed by atoms with van der Waals surface area (Å²) in [5.74, 6) is 0.237. The van der Waals surface area contributed by atoms with E-state index in [1.165, 1.54) is 18.2 Å². The fourth-order valence-electron chi connectivity index (χ4n) is 2.97. The quantitative estimate of drug-likeness (QED) is 0.852. The van der Waals surface area contributed by atoms with Gasteiger partial charge in [-0.25, -0.2) is 17.9 Å². The second-order valence-electron chi connectivity index (χ2n) is 5.90. The van der Waals surface area contributed by atoms with Crippen molar-refractivity contribution in [1.82, 2.24) is 14.9 Å². The summed E-state index contributed by atoms with van der Waals surface area (Å²) in [6, 6.07) is 8.09. The Morgan fingerprint density at radius 1 is 1.35 bits per heavy atom. The van der Waals surface area contributed by atoms with Crippen molar-refractivity contribution < 1.29 is 13.2 Å². The van der Waals surface area contributed by atoms with Crippen LogP contribution in [0.3, 0.4) is 0 Å². The van der Waals surface area contributed by atoms with Crippen molar-refractivity contribution in [2.24, 2.45) is 0 Å². The molecule has 2 amide bonds. The van der Waals surface area contributed by atoms with Gasteiger partial charge in [-0.1, -0.05) is 24.3 Å². The van der Waals surface area contributed by atoms with E-state index in [-0.39, 0.29) is 18.3 Å². The Hall–Kier alpha value is -1.60. The van der Waals surface area contributed by atoms with Crippen LogP contribution in [0.1, 0.15) is 29.9 Å². The molecule has 23 heavy (non-hydrogen) atoms. The largest absolute Gasteiger partial charge is 0.337 e. The summed E-state index contributed by atoms with van der Waals surface area (Å²) in [7, 11) is -1.92. The van der Waals surface area contributed by atoms with E-state index in [1.807, 2.05) is 12.1 Å². The first kappa shape index (κ1) is 17.7. The molecule has 1 aromatic carbocycles. The number of benzene rings is 1. The SMILES string of the molecule is CNS(=O)(=O)CCNC(=O)N1CCC[C@H](c2ccccc2C)C1. The van der Waals surface area contributed by atoms with E-state index >= 15 is 0 Å². The molecule has 1 heterocycles. The highest BCUT2D eigenvalue weighted by atomic mass is 32.2. The third-order valence-corrected chi connectivity index (χ3v) is 5.66. The van der Waals surface area contributed by atoms with Gasteiger partial charge in [-0.2, -0.15) is 0 Å². The molecular formula is C16H25N3O3S. The van der Waals surface area contributed by atoms with Crippen LogP contribution in [0.5, 0.6) is 0 Å². The number of urea groups is 1. The number of nitrogens with zero attached hydrogens (tertiary/aromatic N) is 1. The molecule has 0 unspecified atom stereocenters. The molecule has 0 aromatic heterocycles. The van der Waals surface area contributed by atoms with E-state index < -0.39 is 10.0 Å². The van der Waals surface area contributed by atoms with Crippen LogP contribution in [0.15, 0.2) is 24.3 Å². The second kappa shape index (κ2) is 7.79. The molecule has 7 heteroatoms. The molecular weight excluding hydrogens is 314 g/mol. The van der Waals surface area contributed by atoms with Crippen molar-refractivity contribution in [3.63, 3.8) is 0 Å². The summed E-state index contributed by atoms with van der Waals surface area (Å²) < 4.78 is 24.9. The number of amides is 2. The van der Waals surface area contributed by atoms with Gasteiger partial charge < -0.3 is 10.2 Å². The zero-order valence-electron chi connectivity index (χ0n) is 13.7. The molecule has 1 fully saturated rings. The molecule has 1 aliphatic heterocycles. The van der Waals surface area contributed by atoms with Gasteiger partial charge in [0, 0.05) is 25.6 Å². The molecule has 1 aromatic rings. The standard InChI is InChI=1S/C16H25N3O3S/c1-13-6-3-4-8-15(13)14-7-5-10-19(12-14)16(20)18-9-11-23(21,22)17-2/h3-4,6,8,14,17H,5,7,9-12H2,1-2H3,(H,18,20)/t14-/m0/s1. The van der Waals surface area contributed by atoms with E-state index in [4.69, 9.17) is 0 Å². The smallest absolute Gasteiger partial charge is 0.317 e. The molecule has 2 rings (SSSR count). The minimum atomic E-state index is -3.29. The minimum absolute atomic E-state index is 0.107. The maximum Gasteiger partial charge on any atom is 0.317 e. The number of likely N-dealkylation sites (tertiary alicyclic amines) is 1. The lowest BCUT2D eigenvalue weighted by Gasteiger charge is -2.33. The van der Waals surface area contributed by atoms with Crippen molar-refractivity contribution in [2.45, 2.75) is 25.7 Å². The highest BCUT2D eigenvalue weighted by molar-refractivity contribution is 7.89. The summed E-state index contributed by atoms with van der Waals surface area (Å²) in [5, 5.41) is 2.70. The van der Waals surface area contributed by atoms with Gasteiger partial charge in [0.15, 0.2) is 0 Å². The molecule has 1 aliphatic rings. The average molecular weight is 339 g/mol. The van der Waals surface area contributed by atoms with Crippen LogP contribution in [0, 0.1) is 6.92 Å². The summed E-state index contributed by atoms with van der Waals surface area (Å²) in [6.45, 7) is 3.60. The Bertz CT molecular complexity index is 646. The monoisotopic (exact) mass is 339 g/mol. The lowest BCUT2D eigenvalue weighted by atomic mass is 9.88. The molecule has 1 atom stereocenters. The number of carbonyl (C=O) groups excluding carboxylic acids is 1. The highest BCUT2D eigenvalue weighted by Gasteiger charge is 2.25. The molecule has 2 N–H and O–H groups in total. The maximum atomic E-state index is 12.2. The van der Waals surface area contributed by atoms with E-state index in [2.05, 4.69) is 29.1 Å². The van der Waals surface area contributed by atoms with Gasteiger partial charge in [0.25, 0.3) is 0 Å². The van der Waals surface area contributed by atoms with Crippen molar-refractivity contribution in [1.29, 1.82) is 0 Å². The van der Waals surface area contributed by atoms with Gasteiger partial charge >= 0.3 is 6.03 Å². The van der Waals surface area contributed by atoms with Crippen LogP contribution in [-0.2, 0) is 10.0 Å². The number of hydrogen-bond acceptors (Lipinski definition) is 3. The van der Waals surface area contributed by atoms with Crippen LogP contribution in [-0.4, -0.2) is 51.8 Å². The van der Waals surface area contributed by atoms with Gasteiger partial charge in [-0.15, -0.1) is 0 Å². The Labute approximate surface area is 138 Å². The molecule has 128 valence electrons. The summed E-state index contributed by atoms with van der Waals surface area (Å²) in [4.78, 5) is 14.0. The highest BCUT2D eigenvalue weighted by Crippen LogP contribution is 2.28. The summed E-state index contributed by atoms with van der Waals surface area (Å²) in [6.07, 6.45) is 2.03. The number of carbonyl (C=O) groups is 1. The van der Waals surface area contributed by atoms with Crippen molar-refractivity contribution in [3.8, 4) is 0 Å². The zero-order chi connectivity index (χ0) is 16.9. The number of hydrogen-bond donors (Lipinski definition) is 2. The fraction of sp³-hybridized carbons (Fsp3) is 0.562. The van der Waals surface area contributed by atoms with Crippen LogP contribution >= 0.6 is 0 Å². The lowest BCUT2D eigenvalue weighted by molar-refractivity contribution is 0.180. The van der Waals surface area contributed by atoms with E-state index in [9.17, 15) is 13.2 Å². The van der Waals surface area contributed by atoms with Crippen molar-refractivity contribution in [3.05, 3.63) is 35.4 Å². The maximum absolute atomic E-state index is 12.2. The van der Waals surface area contributed by atoms with Crippen LogP contribution in [0.25, 0.3) is 0 Å². The normalized spacial score (nSPS) is 18.7. The molecule has 0 saturated carbocycles. The average Bonchev–Trinajstić information content (AvgIpc) is 2.55. The number of sulfonamides is 1. The number of rotatable bonds is 5. The topological polar surface area (TPSA) is 78.5 Å². The molecule has 0 aliphatic carbocycles. The van der Waals surface area contributed by atoms with Crippen LogP contribution in [0.2, 0.25) is 0 Å². The van der Waals surface area contributed by atoms with Gasteiger partial charge in [-0.05, 0) is 37.9 Å². The van der Waals surface area contributed by atoms with Gasteiger partial charge in [-0.3, -0.25) is 0 Å². The fourth-order valence-corrected chi connectivity index (χ4v) is 3.54. The molecule has 0 radical (unpaired) electrons. The third-order valence-electron chi connectivity index (χ3n) is 4.29. The van der Waals surface area contributed by atoms with E-state index in [0.717, 1.165) is 12.8 Å². The Morgan fingerprint density at radius 2 is 2.09 bits per heavy atom. The molecule has 0 bridgehead atoms. The Balaban J connectivity index is 1.91. The molecule has 6 nitrogen and oxygen atoms in total.